The average Bonchev–Trinajstić information content (AvgIpc) is 2.40. The van der Waals surface area contributed by atoms with Crippen LogP contribution < -0.4 is 15.0 Å². The predicted octanol–water partition coefficient (Wildman–Crippen LogP) is 1.43. The number of benzene rings is 1. The molecule has 4 heteroatoms. The first-order valence-electron chi connectivity index (χ1n) is 6.49. The first kappa shape index (κ1) is 13.2. The highest BCUT2D eigenvalue weighted by Gasteiger charge is 2.12. The van der Waals surface area contributed by atoms with Crippen LogP contribution in [-0.4, -0.2) is 46.5 Å². The van der Waals surface area contributed by atoms with Crippen molar-refractivity contribution in [3.8, 4) is 5.75 Å². The Balaban J connectivity index is 2.00. The quantitative estimate of drug-likeness (QED) is 0.802. The van der Waals surface area contributed by atoms with E-state index in [1.165, 1.54) is 11.3 Å². The van der Waals surface area contributed by atoms with E-state index in [2.05, 4.69) is 29.3 Å². The fourth-order valence-corrected chi connectivity index (χ4v) is 2.22. The van der Waals surface area contributed by atoms with Crippen LogP contribution in [0.3, 0.4) is 0 Å². The van der Waals surface area contributed by atoms with Gasteiger partial charge in [-0.2, -0.15) is 0 Å². The van der Waals surface area contributed by atoms with E-state index in [-0.39, 0.29) is 0 Å². The maximum Gasteiger partial charge on any atom is 0.119 e. The molecule has 1 heterocycles. The molecule has 0 spiro atoms. The van der Waals surface area contributed by atoms with Gasteiger partial charge in [0.15, 0.2) is 0 Å². The number of anilines is 1. The number of hydrogen-bond donors (Lipinski definition) is 1. The molecule has 1 aromatic rings. The Kier molecular flexibility index (Phi) is 4.84. The van der Waals surface area contributed by atoms with Gasteiger partial charge in [-0.15, -0.1) is 0 Å². The Morgan fingerprint density at radius 2 is 2.00 bits per heavy atom. The van der Waals surface area contributed by atoms with Gasteiger partial charge in [-0.1, -0.05) is 0 Å². The Hall–Kier alpha value is -1.26. The third kappa shape index (κ3) is 3.37. The second-order valence-electron chi connectivity index (χ2n) is 4.53. The minimum atomic E-state index is 0.600. The second kappa shape index (κ2) is 6.61. The van der Waals surface area contributed by atoms with E-state index in [1.54, 1.807) is 7.11 Å². The number of nitrogens with one attached hydrogen (secondary N) is 1. The molecule has 0 aliphatic carbocycles. The lowest BCUT2D eigenvalue weighted by molar-refractivity contribution is 0.146. The summed E-state index contributed by atoms with van der Waals surface area (Å²) in [6.45, 7) is 7.63. The molecule has 4 nitrogen and oxygen atoms in total. The Labute approximate surface area is 109 Å². The van der Waals surface area contributed by atoms with Crippen LogP contribution in [-0.2, 0) is 4.74 Å². The van der Waals surface area contributed by atoms with Crippen molar-refractivity contribution in [2.24, 2.45) is 0 Å². The van der Waals surface area contributed by atoms with Crippen molar-refractivity contribution >= 4 is 5.69 Å². The van der Waals surface area contributed by atoms with Crippen LogP contribution in [0.5, 0.6) is 5.75 Å². The van der Waals surface area contributed by atoms with Crippen molar-refractivity contribution in [3.63, 3.8) is 0 Å². The molecule has 0 unspecified atom stereocenters. The molecule has 1 aromatic carbocycles. The molecule has 2 rings (SSSR count). The van der Waals surface area contributed by atoms with E-state index in [0.717, 1.165) is 31.9 Å². The lowest BCUT2D eigenvalue weighted by atomic mass is 10.1. The molecule has 100 valence electrons. The molecule has 1 aliphatic heterocycles. The molecule has 0 bridgehead atoms. The lowest BCUT2D eigenvalue weighted by Crippen LogP contribution is -2.43. The van der Waals surface area contributed by atoms with Crippen molar-refractivity contribution in [1.29, 1.82) is 0 Å². The van der Waals surface area contributed by atoms with E-state index >= 15 is 0 Å². The van der Waals surface area contributed by atoms with E-state index in [0.29, 0.717) is 13.2 Å². The first-order valence-corrected chi connectivity index (χ1v) is 6.49. The molecule has 1 N–H and O–H groups in total. The molecule has 18 heavy (non-hydrogen) atoms. The fraction of sp³-hybridized carbons (Fsp3) is 0.571. The third-order valence-electron chi connectivity index (χ3n) is 3.18. The zero-order valence-electron chi connectivity index (χ0n) is 11.2. The maximum atomic E-state index is 5.61. The van der Waals surface area contributed by atoms with Gasteiger partial charge < -0.3 is 19.7 Å². The summed E-state index contributed by atoms with van der Waals surface area (Å²) in [5, 5.41) is 3.37. The molecule has 0 aromatic heterocycles. The molecule has 1 fully saturated rings. The summed E-state index contributed by atoms with van der Waals surface area (Å²) in [6, 6.07) is 6.30. The highest BCUT2D eigenvalue weighted by Crippen LogP contribution is 2.25. The van der Waals surface area contributed by atoms with Crippen LogP contribution in [0.15, 0.2) is 18.2 Å². The molecular weight excluding hydrogens is 228 g/mol. The summed E-state index contributed by atoms with van der Waals surface area (Å²) in [5.74, 6) is 0.920. The molecule has 0 saturated carbocycles. The smallest absolute Gasteiger partial charge is 0.119 e. The van der Waals surface area contributed by atoms with Gasteiger partial charge in [0, 0.05) is 39.0 Å². The number of rotatable bonds is 5. The van der Waals surface area contributed by atoms with Gasteiger partial charge in [-0.25, -0.2) is 0 Å². The van der Waals surface area contributed by atoms with Crippen molar-refractivity contribution in [1.82, 2.24) is 5.32 Å². The lowest BCUT2D eigenvalue weighted by Gasteiger charge is -2.30. The maximum absolute atomic E-state index is 5.61. The SMILES string of the molecule is COCCOc1ccc(N2CCNCC2)c(C)c1. The number of nitrogens with zero attached hydrogens (tertiary/aromatic N) is 1. The fourth-order valence-electron chi connectivity index (χ4n) is 2.22. The van der Waals surface area contributed by atoms with Crippen molar-refractivity contribution in [2.45, 2.75) is 6.92 Å². The van der Waals surface area contributed by atoms with E-state index in [9.17, 15) is 0 Å². The van der Waals surface area contributed by atoms with E-state index in [1.807, 2.05) is 6.07 Å². The van der Waals surface area contributed by atoms with Gasteiger partial charge in [-0.3, -0.25) is 0 Å². The molecule has 1 aliphatic rings. The standard InChI is InChI=1S/C14H22N2O2/c1-12-11-13(18-10-9-17-2)3-4-14(12)16-7-5-15-6-8-16/h3-4,11,15H,5-10H2,1-2H3. The van der Waals surface area contributed by atoms with Crippen LogP contribution in [0.1, 0.15) is 5.56 Å². The zero-order chi connectivity index (χ0) is 12.8. The number of aryl methyl sites for hydroxylation is 1. The topological polar surface area (TPSA) is 33.7 Å². The molecule has 1 saturated heterocycles. The molecule has 0 amide bonds. The number of methoxy groups -OCH3 is 1. The average molecular weight is 250 g/mol. The third-order valence-corrected chi connectivity index (χ3v) is 3.18. The molecule has 0 atom stereocenters. The molecule has 0 radical (unpaired) electrons. The summed E-state index contributed by atoms with van der Waals surface area (Å²) in [6.07, 6.45) is 0. The monoisotopic (exact) mass is 250 g/mol. The normalized spacial score (nSPS) is 15.8. The highest BCUT2D eigenvalue weighted by atomic mass is 16.5. The highest BCUT2D eigenvalue weighted by molar-refractivity contribution is 5.56. The first-order chi connectivity index (χ1) is 8.81. The van der Waals surface area contributed by atoms with Crippen LogP contribution in [0.25, 0.3) is 0 Å². The van der Waals surface area contributed by atoms with Gasteiger partial charge in [0.2, 0.25) is 0 Å². The predicted molar refractivity (Wildman–Crippen MR) is 73.6 cm³/mol. The second-order valence-corrected chi connectivity index (χ2v) is 4.53. The van der Waals surface area contributed by atoms with Crippen LogP contribution >= 0.6 is 0 Å². The summed E-state index contributed by atoms with van der Waals surface area (Å²) < 4.78 is 10.6. The number of piperazine rings is 1. The van der Waals surface area contributed by atoms with Crippen LogP contribution in [0.2, 0.25) is 0 Å². The Morgan fingerprint density at radius 3 is 2.67 bits per heavy atom. The van der Waals surface area contributed by atoms with Gasteiger partial charge in [0.1, 0.15) is 12.4 Å². The van der Waals surface area contributed by atoms with E-state index in [4.69, 9.17) is 9.47 Å². The Bertz CT molecular complexity index is 376. The van der Waals surface area contributed by atoms with Crippen molar-refractivity contribution < 1.29 is 9.47 Å². The number of hydrogen-bond acceptors (Lipinski definition) is 4. The summed E-state index contributed by atoms with van der Waals surface area (Å²) >= 11 is 0. The van der Waals surface area contributed by atoms with E-state index < -0.39 is 0 Å². The zero-order valence-corrected chi connectivity index (χ0v) is 11.2. The van der Waals surface area contributed by atoms with Crippen LogP contribution in [0, 0.1) is 6.92 Å². The minimum Gasteiger partial charge on any atom is -0.491 e. The van der Waals surface area contributed by atoms with Gasteiger partial charge in [-0.05, 0) is 30.7 Å². The molecular formula is C14H22N2O2. The van der Waals surface area contributed by atoms with Crippen LogP contribution in [0.4, 0.5) is 5.69 Å². The van der Waals surface area contributed by atoms with Gasteiger partial charge in [0.25, 0.3) is 0 Å². The number of ether oxygens (including phenoxy) is 2. The van der Waals surface area contributed by atoms with Gasteiger partial charge in [0.05, 0.1) is 6.61 Å². The van der Waals surface area contributed by atoms with Crippen molar-refractivity contribution in [3.05, 3.63) is 23.8 Å². The summed E-state index contributed by atoms with van der Waals surface area (Å²) in [7, 11) is 1.68. The largest absolute Gasteiger partial charge is 0.491 e. The minimum absolute atomic E-state index is 0.600. The summed E-state index contributed by atoms with van der Waals surface area (Å²) in [4.78, 5) is 2.42. The van der Waals surface area contributed by atoms with Gasteiger partial charge >= 0.3 is 0 Å². The Morgan fingerprint density at radius 1 is 1.22 bits per heavy atom. The van der Waals surface area contributed by atoms with Crippen molar-refractivity contribution in [2.75, 3.05) is 51.4 Å². The summed E-state index contributed by atoms with van der Waals surface area (Å²) in [5.41, 5.74) is 2.59.